The molecule has 2 aromatic carbocycles. The number of hydrogen-bond donors (Lipinski definition) is 1. The Morgan fingerprint density at radius 1 is 0.938 bits per heavy atom. The zero-order valence-electron chi connectivity index (χ0n) is 17.7. The fourth-order valence-corrected chi connectivity index (χ4v) is 5.27. The quantitative estimate of drug-likeness (QED) is 0.679. The van der Waals surface area contributed by atoms with Crippen LogP contribution in [0.2, 0.25) is 0 Å². The van der Waals surface area contributed by atoms with Crippen LogP contribution in [0.25, 0.3) is 0 Å². The summed E-state index contributed by atoms with van der Waals surface area (Å²) >= 11 is 0. The van der Waals surface area contributed by atoms with E-state index in [0.717, 1.165) is 11.3 Å². The summed E-state index contributed by atoms with van der Waals surface area (Å²) in [5.41, 5.74) is 1.90. The summed E-state index contributed by atoms with van der Waals surface area (Å²) in [7, 11) is 0. The molecule has 2 saturated heterocycles. The molecule has 1 spiro atoms. The molecule has 0 unspecified atom stereocenters. The van der Waals surface area contributed by atoms with Gasteiger partial charge in [-0.15, -0.1) is 0 Å². The largest absolute Gasteiger partial charge is 0.394 e. The smallest absolute Gasteiger partial charge is 0.254 e. The number of hydrogen-bond acceptors (Lipinski definition) is 4. The third kappa shape index (κ3) is 3.28. The van der Waals surface area contributed by atoms with Crippen LogP contribution in [-0.4, -0.2) is 63.0 Å². The number of amides is 2. The Morgan fingerprint density at radius 3 is 2.22 bits per heavy atom. The zero-order chi connectivity index (χ0) is 22.1. The Labute approximate surface area is 187 Å². The molecule has 0 aliphatic carbocycles. The van der Waals surface area contributed by atoms with Crippen LogP contribution >= 0.6 is 0 Å². The minimum Gasteiger partial charge on any atom is -0.394 e. The summed E-state index contributed by atoms with van der Waals surface area (Å²) in [5.74, 6) is -0.130. The standard InChI is InChI=1S/C26H25N3O3/c30-16-22-24(19-9-3-1-4-10-19)26(29(22)25(32)20-11-5-2-6-12-20)17-28(18-26)23(31)15-21-13-7-8-14-27-21/h1-14,22,24,30H,15-18H2/t22-,24-/m1/s1. The van der Waals surface area contributed by atoms with E-state index in [1.54, 1.807) is 23.2 Å². The molecule has 3 heterocycles. The van der Waals surface area contributed by atoms with Gasteiger partial charge in [0, 0.05) is 36.5 Å². The summed E-state index contributed by atoms with van der Waals surface area (Å²) in [4.78, 5) is 34.2. The first kappa shape index (κ1) is 20.4. The van der Waals surface area contributed by atoms with Gasteiger partial charge in [-0.2, -0.15) is 0 Å². The summed E-state index contributed by atoms with van der Waals surface area (Å²) in [5, 5.41) is 10.2. The Morgan fingerprint density at radius 2 is 1.59 bits per heavy atom. The Hall–Kier alpha value is -3.51. The lowest BCUT2D eigenvalue weighted by atomic mass is 9.60. The van der Waals surface area contributed by atoms with Gasteiger partial charge in [0.2, 0.25) is 5.91 Å². The fraction of sp³-hybridized carbons (Fsp3) is 0.269. The molecule has 2 aliphatic heterocycles. The normalized spacial score (nSPS) is 21.0. The molecule has 5 rings (SSSR count). The maximum atomic E-state index is 13.5. The van der Waals surface area contributed by atoms with E-state index in [2.05, 4.69) is 4.98 Å². The molecular weight excluding hydrogens is 402 g/mol. The average Bonchev–Trinajstić information content (AvgIpc) is 2.79. The van der Waals surface area contributed by atoms with Crippen LogP contribution in [0.15, 0.2) is 85.1 Å². The molecule has 0 saturated carbocycles. The van der Waals surface area contributed by atoms with Gasteiger partial charge in [0.1, 0.15) is 0 Å². The number of rotatable bonds is 5. The number of carbonyl (C=O) groups is 2. The van der Waals surface area contributed by atoms with Crippen molar-refractivity contribution in [2.75, 3.05) is 19.7 Å². The van der Waals surface area contributed by atoms with Crippen molar-refractivity contribution in [3.8, 4) is 0 Å². The maximum absolute atomic E-state index is 13.5. The number of aromatic nitrogens is 1. The first-order valence-corrected chi connectivity index (χ1v) is 10.9. The van der Waals surface area contributed by atoms with E-state index < -0.39 is 5.54 Å². The van der Waals surface area contributed by atoms with Gasteiger partial charge in [-0.3, -0.25) is 14.6 Å². The van der Waals surface area contributed by atoms with Crippen molar-refractivity contribution in [2.45, 2.75) is 23.9 Å². The topological polar surface area (TPSA) is 73.7 Å². The number of nitrogens with zero attached hydrogens (tertiary/aromatic N) is 3. The maximum Gasteiger partial charge on any atom is 0.254 e. The van der Waals surface area contributed by atoms with Gasteiger partial charge < -0.3 is 14.9 Å². The molecule has 2 fully saturated rings. The van der Waals surface area contributed by atoms with Crippen molar-refractivity contribution in [2.24, 2.45) is 0 Å². The number of pyridine rings is 1. The van der Waals surface area contributed by atoms with E-state index in [0.29, 0.717) is 18.7 Å². The van der Waals surface area contributed by atoms with Crippen LogP contribution in [0, 0.1) is 0 Å². The number of likely N-dealkylation sites (tertiary alicyclic amines) is 2. The summed E-state index contributed by atoms with van der Waals surface area (Å²) < 4.78 is 0. The van der Waals surface area contributed by atoms with Crippen molar-refractivity contribution >= 4 is 11.8 Å². The highest BCUT2D eigenvalue weighted by atomic mass is 16.3. The Kier molecular flexibility index (Phi) is 5.23. The number of benzene rings is 2. The molecule has 2 atom stereocenters. The van der Waals surface area contributed by atoms with Crippen molar-refractivity contribution in [3.05, 3.63) is 102 Å². The van der Waals surface area contributed by atoms with Crippen LogP contribution in [0.4, 0.5) is 0 Å². The van der Waals surface area contributed by atoms with E-state index in [-0.39, 0.29) is 36.8 Å². The molecule has 2 aliphatic rings. The monoisotopic (exact) mass is 427 g/mol. The molecule has 6 nitrogen and oxygen atoms in total. The average molecular weight is 428 g/mol. The lowest BCUT2D eigenvalue weighted by molar-refractivity contribution is -0.178. The van der Waals surface area contributed by atoms with Crippen molar-refractivity contribution in [1.82, 2.24) is 14.8 Å². The minimum atomic E-state index is -0.512. The SMILES string of the molecule is O=C(Cc1ccccn1)N1CC2(C1)[C@H](c1ccccc1)[C@@H](CO)N2C(=O)c1ccccc1. The molecule has 0 radical (unpaired) electrons. The third-order valence-electron chi connectivity index (χ3n) is 6.70. The van der Waals surface area contributed by atoms with E-state index in [1.807, 2.05) is 71.6 Å². The van der Waals surface area contributed by atoms with Crippen LogP contribution in [0.3, 0.4) is 0 Å². The number of aliphatic hydroxyl groups excluding tert-OH is 1. The fourth-order valence-electron chi connectivity index (χ4n) is 5.27. The van der Waals surface area contributed by atoms with E-state index in [1.165, 1.54) is 0 Å². The van der Waals surface area contributed by atoms with Crippen molar-refractivity contribution in [1.29, 1.82) is 0 Å². The van der Waals surface area contributed by atoms with E-state index in [9.17, 15) is 14.7 Å². The minimum absolute atomic E-state index is 0.000644. The lowest BCUT2D eigenvalue weighted by Crippen LogP contribution is -2.86. The van der Waals surface area contributed by atoms with E-state index in [4.69, 9.17) is 0 Å². The van der Waals surface area contributed by atoms with Gasteiger partial charge in [-0.05, 0) is 29.8 Å². The molecule has 162 valence electrons. The summed E-state index contributed by atoms with van der Waals surface area (Å²) in [6.45, 7) is 0.780. The Bertz CT molecular complexity index is 1100. The molecule has 6 heteroatoms. The van der Waals surface area contributed by atoms with Crippen LogP contribution in [0.5, 0.6) is 0 Å². The second-order valence-corrected chi connectivity index (χ2v) is 8.53. The third-order valence-corrected chi connectivity index (χ3v) is 6.70. The predicted molar refractivity (Wildman–Crippen MR) is 120 cm³/mol. The highest BCUT2D eigenvalue weighted by molar-refractivity contribution is 5.96. The van der Waals surface area contributed by atoms with E-state index >= 15 is 0 Å². The first-order chi connectivity index (χ1) is 15.6. The van der Waals surface area contributed by atoms with Gasteiger partial charge in [0.25, 0.3) is 5.91 Å². The van der Waals surface area contributed by atoms with Gasteiger partial charge in [0.05, 0.1) is 24.6 Å². The van der Waals surface area contributed by atoms with Gasteiger partial charge >= 0.3 is 0 Å². The van der Waals surface area contributed by atoms with Gasteiger partial charge in [0.15, 0.2) is 0 Å². The lowest BCUT2D eigenvalue weighted by Gasteiger charge is -2.70. The second-order valence-electron chi connectivity index (χ2n) is 8.53. The molecular formula is C26H25N3O3. The summed E-state index contributed by atoms with van der Waals surface area (Å²) in [6, 6.07) is 24.3. The summed E-state index contributed by atoms with van der Waals surface area (Å²) in [6.07, 6.45) is 1.92. The highest BCUT2D eigenvalue weighted by Gasteiger charge is 2.68. The first-order valence-electron chi connectivity index (χ1n) is 10.9. The number of aliphatic hydroxyl groups is 1. The second kappa shape index (κ2) is 8.20. The van der Waals surface area contributed by atoms with Crippen LogP contribution in [0.1, 0.15) is 27.5 Å². The molecule has 3 aromatic rings. The van der Waals surface area contributed by atoms with Gasteiger partial charge in [-0.1, -0.05) is 54.6 Å². The zero-order valence-corrected chi connectivity index (χ0v) is 17.7. The van der Waals surface area contributed by atoms with Gasteiger partial charge in [-0.25, -0.2) is 0 Å². The van der Waals surface area contributed by atoms with Crippen molar-refractivity contribution < 1.29 is 14.7 Å². The van der Waals surface area contributed by atoms with Crippen molar-refractivity contribution in [3.63, 3.8) is 0 Å². The highest BCUT2D eigenvalue weighted by Crippen LogP contribution is 2.54. The van der Waals surface area contributed by atoms with Crippen LogP contribution < -0.4 is 0 Å². The molecule has 2 amide bonds. The number of carbonyl (C=O) groups excluding carboxylic acids is 2. The predicted octanol–water partition coefficient (Wildman–Crippen LogP) is 2.51. The van der Waals surface area contributed by atoms with Crippen LogP contribution in [-0.2, 0) is 11.2 Å². The molecule has 0 bridgehead atoms. The molecule has 1 N–H and O–H groups in total. The molecule has 32 heavy (non-hydrogen) atoms. The Balaban J connectivity index is 1.42. The molecule has 1 aromatic heterocycles.